The number of amides is 3. The molecule has 4 rings (SSSR count). The molecule has 3 fully saturated rings. The van der Waals surface area contributed by atoms with E-state index in [1.807, 2.05) is 24.3 Å². The lowest BCUT2D eigenvalue weighted by molar-refractivity contribution is -0.140. The second-order valence-electron chi connectivity index (χ2n) is 9.45. The maximum absolute atomic E-state index is 13.8. The van der Waals surface area contributed by atoms with Crippen LogP contribution in [0.3, 0.4) is 0 Å². The van der Waals surface area contributed by atoms with Gasteiger partial charge in [0.15, 0.2) is 0 Å². The molecule has 0 aliphatic carbocycles. The average molecular weight is 551 g/mol. The predicted molar refractivity (Wildman–Crippen MR) is 136 cm³/mol. The molecule has 1 aromatic carbocycles. The number of halogens is 1. The third-order valence-electron chi connectivity index (χ3n) is 7.66. The van der Waals surface area contributed by atoms with Gasteiger partial charge < -0.3 is 30.3 Å². The Morgan fingerprint density at radius 3 is 2.49 bits per heavy atom. The molecule has 35 heavy (non-hydrogen) atoms. The van der Waals surface area contributed by atoms with Crippen molar-refractivity contribution in [3.63, 3.8) is 0 Å². The molecule has 0 aromatic heterocycles. The van der Waals surface area contributed by atoms with E-state index < -0.39 is 29.6 Å². The Balaban J connectivity index is 1.63. The predicted octanol–water partition coefficient (Wildman–Crippen LogP) is 1.74. The monoisotopic (exact) mass is 550 g/mol. The highest BCUT2D eigenvalue weighted by Gasteiger charge is 2.76. The van der Waals surface area contributed by atoms with Gasteiger partial charge in [-0.3, -0.25) is 14.4 Å². The topological polar surface area (TPSA) is 111 Å². The largest absolute Gasteiger partial charge is 0.396 e. The number of ether oxygens (including phenoxy) is 1. The molecular formula is C25H35BrN4O5. The van der Waals surface area contributed by atoms with E-state index in [4.69, 9.17) is 4.74 Å². The van der Waals surface area contributed by atoms with Gasteiger partial charge in [-0.25, -0.2) is 0 Å². The van der Waals surface area contributed by atoms with E-state index in [9.17, 15) is 19.5 Å². The Kier molecular flexibility index (Phi) is 7.73. The summed E-state index contributed by atoms with van der Waals surface area (Å²) in [6.45, 7) is 6.29. The number of aliphatic hydroxyl groups excluding tert-OH is 1. The number of fused-ring (bicyclic) bond motifs is 1. The van der Waals surface area contributed by atoms with Crippen molar-refractivity contribution in [1.82, 2.24) is 10.2 Å². The van der Waals surface area contributed by atoms with Crippen molar-refractivity contribution in [2.75, 3.05) is 43.5 Å². The molecular weight excluding hydrogens is 516 g/mol. The summed E-state index contributed by atoms with van der Waals surface area (Å²) in [5.74, 6) is -2.16. The minimum Gasteiger partial charge on any atom is -0.396 e. The van der Waals surface area contributed by atoms with Crippen LogP contribution in [0.5, 0.6) is 0 Å². The van der Waals surface area contributed by atoms with Gasteiger partial charge in [0, 0.05) is 49.5 Å². The zero-order valence-electron chi connectivity index (χ0n) is 20.5. The first kappa shape index (κ1) is 25.9. The molecule has 3 aliphatic rings. The molecule has 1 spiro atoms. The van der Waals surface area contributed by atoms with Gasteiger partial charge in [-0.2, -0.15) is 0 Å². The quantitative estimate of drug-likeness (QED) is 0.302. The normalized spacial score (nSPS) is 30.9. The third kappa shape index (κ3) is 4.34. The number of benzene rings is 1. The van der Waals surface area contributed by atoms with Crippen LogP contribution < -0.4 is 15.5 Å². The van der Waals surface area contributed by atoms with Crippen molar-refractivity contribution >= 4 is 45.0 Å². The van der Waals surface area contributed by atoms with Crippen molar-refractivity contribution in [2.24, 2.45) is 11.8 Å². The fraction of sp³-hybridized carbons (Fsp3) is 0.640. The molecule has 1 aromatic rings. The Morgan fingerprint density at radius 2 is 1.89 bits per heavy atom. The summed E-state index contributed by atoms with van der Waals surface area (Å²) >= 11 is 3.64. The highest BCUT2D eigenvalue weighted by Crippen LogP contribution is 2.60. The van der Waals surface area contributed by atoms with Gasteiger partial charge in [-0.15, -0.1) is 0 Å². The second-order valence-corrected chi connectivity index (χ2v) is 10.6. The van der Waals surface area contributed by atoms with Crippen LogP contribution in [0.15, 0.2) is 24.3 Å². The van der Waals surface area contributed by atoms with Crippen LogP contribution in [0.4, 0.5) is 11.4 Å². The van der Waals surface area contributed by atoms with Gasteiger partial charge >= 0.3 is 0 Å². The number of alkyl halides is 1. The zero-order valence-corrected chi connectivity index (χ0v) is 22.1. The molecule has 0 saturated carbocycles. The van der Waals surface area contributed by atoms with Crippen molar-refractivity contribution in [2.45, 2.75) is 55.7 Å². The van der Waals surface area contributed by atoms with Crippen LogP contribution in [0.2, 0.25) is 0 Å². The molecule has 3 heterocycles. The fourth-order valence-electron chi connectivity index (χ4n) is 6.09. The van der Waals surface area contributed by atoms with E-state index in [0.717, 1.165) is 18.8 Å². The number of likely N-dealkylation sites (tertiary alicyclic amines) is 1. The summed E-state index contributed by atoms with van der Waals surface area (Å²) in [6, 6.07) is 6.80. The first-order valence-electron chi connectivity index (χ1n) is 12.4. The van der Waals surface area contributed by atoms with Crippen LogP contribution in [0.25, 0.3) is 0 Å². The standard InChI is InChI=1S/C25H35BrN4O5/c1-4-29(5-2)16-10-8-15(9-11-16)28-23(33)21-25-14-17(26)20(35-25)18(22(32)27-3)19(25)24(34)30(21)12-6-7-13-31/h8-11,17-21,31H,4-7,12-14H2,1-3H3,(H,27,32)(H,28,33)/t17?,18-,19-,20-,21?,25?/m0/s1. The van der Waals surface area contributed by atoms with Crippen molar-refractivity contribution in [3.8, 4) is 0 Å². The van der Waals surface area contributed by atoms with Gasteiger partial charge in [0.25, 0.3) is 0 Å². The van der Waals surface area contributed by atoms with E-state index in [-0.39, 0.29) is 29.2 Å². The lowest BCUT2D eigenvalue weighted by Crippen LogP contribution is -2.54. The maximum Gasteiger partial charge on any atom is 0.250 e. The first-order valence-corrected chi connectivity index (χ1v) is 13.3. The smallest absolute Gasteiger partial charge is 0.250 e. The van der Waals surface area contributed by atoms with Gasteiger partial charge in [0.05, 0.1) is 17.9 Å². The summed E-state index contributed by atoms with van der Waals surface area (Å²) in [5, 5.41) is 14.9. The lowest BCUT2D eigenvalue weighted by Gasteiger charge is -2.34. The number of nitrogens with zero attached hydrogens (tertiary/aromatic N) is 2. The molecule has 3 N–H and O–H groups in total. The van der Waals surface area contributed by atoms with Crippen molar-refractivity contribution in [3.05, 3.63) is 24.3 Å². The number of anilines is 2. The number of nitrogens with one attached hydrogen (secondary N) is 2. The van der Waals surface area contributed by atoms with E-state index in [1.165, 1.54) is 0 Å². The summed E-state index contributed by atoms with van der Waals surface area (Å²) in [4.78, 5) is 43.8. The average Bonchev–Trinajstić information content (AvgIpc) is 3.44. The van der Waals surface area contributed by atoms with Crippen LogP contribution in [-0.2, 0) is 19.1 Å². The number of carbonyl (C=O) groups excluding carboxylic acids is 3. The van der Waals surface area contributed by atoms with Crippen LogP contribution in [-0.4, -0.2) is 83.6 Å². The van der Waals surface area contributed by atoms with Crippen molar-refractivity contribution < 1.29 is 24.2 Å². The van der Waals surface area contributed by atoms with E-state index in [2.05, 4.69) is 45.3 Å². The molecule has 9 nitrogen and oxygen atoms in total. The Morgan fingerprint density at radius 1 is 1.20 bits per heavy atom. The zero-order chi connectivity index (χ0) is 25.3. The SMILES string of the molecule is CCN(CC)c1ccc(NC(=O)C2N(CCCCO)C(=O)[C@@H]3[C@H](C(=O)NC)[C@H]4OC23CC4Br)cc1. The molecule has 2 bridgehead atoms. The number of aliphatic hydroxyl groups is 1. The molecule has 6 atom stereocenters. The lowest BCUT2D eigenvalue weighted by atomic mass is 9.70. The molecule has 3 unspecified atom stereocenters. The second kappa shape index (κ2) is 10.4. The minimum atomic E-state index is -1.07. The minimum absolute atomic E-state index is 0.00919. The molecule has 3 saturated heterocycles. The van der Waals surface area contributed by atoms with Crippen LogP contribution in [0.1, 0.15) is 33.1 Å². The molecule has 0 radical (unpaired) electrons. The number of carbonyl (C=O) groups is 3. The highest BCUT2D eigenvalue weighted by atomic mass is 79.9. The van der Waals surface area contributed by atoms with E-state index in [1.54, 1.807) is 11.9 Å². The summed E-state index contributed by atoms with van der Waals surface area (Å²) in [6.07, 6.45) is 1.08. The van der Waals surface area contributed by atoms with Crippen LogP contribution in [0, 0.1) is 11.8 Å². The Bertz CT molecular complexity index is 956. The fourth-order valence-corrected chi connectivity index (χ4v) is 7.03. The van der Waals surface area contributed by atoms with Gasteiger partial charge in [-0.05, 0) is 57.4 Å². The Hall–Kier alpha value is -2.17. The summed E-state index contributed by atoms with van der Waals surface area (Å²) in [7, 11) is 1.55. The number of rotatable bonds is 10. The molecule has 10 heteroatoms. The number of hydrogen-bond donors (Lipinski definition) is 3. The van der Waals surface area contributed by atoms with Crippen molar-refractivity contribution in [1.29, 1.82) is 0 Å². The molecule has 192 valence electrons. The summed E-state index contributed by atoms with van der Waals surface area (Å²) in [5.41, 5.74) is 0.637. The molecule has 3 amide bonds. The molecule has 3 aliphatic heterocycles. The van der Waals surface area contributed by atoms with Gasteiger partial charge in [-0.1, -0.05) is 15.9 Å². The highest BCUT2D eigenvalue weighted by molar-refractivity contribution is 9.09. The Labute approximate surface area is 214 Å². The van der Waals surface area contributed by atoms with Gasteiger partial charge in [0.2, 0.25) is 17.7 Å². The van der Waals surface area contributed by atoms with Gasteiger partial charge in [0.1, 0.15) is 11.6 Å². The van der Waals surface area contributed by atoms with Crippen LogP contribution >= 0.6 is 15.9 Å². The maximum atomic E-state index is 13.8. The summed E-state index contributed by atoms with van der Waals surface area (Å²) < 4.78 is 6.40. The number of unbranched alkanes of at least 4 members (excludes halogenated alkanes) is 1. The third-order valence-corrected chi connectivity index (χ3v) is 8.50. The number of hydrogen-bond acceptors (Lipinski definition) is 6. The first-order chi connectivity index (χ1) is 16.8. The van der Waals surface area contributed by atoms with E-state index >= 15 is 0 Å². The van der Waals surface area contributed by atoms with E-state index in [0.29, 0.717) is 31.5 Å².